The minimum Gasteiger partial charge on any atom is -0.392 e. The van der Waals surface area contributed by atoms with Crippen LogP contribution in [-0.2, 0) is 6.54 Å². The number of hydrogen-bond acceptors (Lipinski definition) is 4. The lowest BCUT2D eigenvalue weighted by molar-refractivity contribution is 0.172. The molecule has 1 aromatic carbocycles. The fraction of sp³-hybridized carbons (Fsp3) is 0.438. The predicted molar refractivity (Wildman–Crippen MR) is 76.1 cm³/mol. The van der Waals surface area contributed by atoms with Crippen molar-refractivity contribution >= 4 is 0 Å². The average Bonchev–Trinajstić information content (AvgIpc) is 2.99. The summed E-state index contributed by atoms with van der Waals surface area (Å²) >= 11 is 0. The van der Waals surface area contributed by atoms with Gasteiger partial charge in [0.2, 0.25) is 0 Å². The zero-order valence-corrected chi connectivity index (χ0v) is 12.5. The minimum absolute atomic E-state index is 0.154. The van der Waals surface area contributed by atoms with E-state index in [1.165, 1.54) is 6.07 Å². The average molecular weight is 308 g/mol. The maximum absolute atomic E-state index is 13.5. The molecule has 1 fully saturated rings. The van der Waals surface area contributed by atoms with Crippen molar-refractivity contribution in [2.24, 2.45) is 0 Å². The van der Waals surface area contributed by atoms with Crippen molar-refractivity contribution in [3.8, 4) is 0 Å². The zero-order chi connectivity index (χ0) is 15.9. The molecule has 1 N–H and O–H groups in total. The molecule has 3 rings (SSSR count). The first kappa shape index (κ1) is 15.1. The van der Waals surface area contributed by atoms with E-state index in [0.29, 0.717) is 25.1 Å². The van der Waals surface area contributed by atoms with Crippen LogP contribution < -0.4 is 0 Å². The van der Waals surface area contributed by atoms with Gasteiger partial charge in [0.25, 0.3) is 0 Å². The molecule has 0 aliphatic carbocycles. The molecule has 0 bridgehead atoms. The predicted octanol–water partition coefficient (Wildman–Crippen LogP) is 2.88. The van der Waals surface area contributed by atoms with Crippen LogP contribution in [0.2, 0.25) is 0 Å². The summed E-state index contributed by atoms with van der Waals surface area (Å²) in [5, 5.41) is 13.9. The van der Waals surface area contributed by atoms with Gasteiger partial charge in [0.1, 0.15) is 5.76 Å². The monoisotopic (exact) mass is 308 g/mol. The van der Waals surface area contributed by atoms with Crippen LogP contribution in [0.3, 0.4) is 0 Å². The molecule has 0 radical (unpaired) electrons. The van der Waals surface area contributed by atoms with Crippen LogP contribution in [-0.4, -0.2) is 27.8 Å². The summed E-state index contributed by atoms with van der Waals surface area (Å²) in [5.74, 6) is -0.987. The van der Waals surface area contributed by atoms with E-state index < -0.39 is 17.7 Å². The third-order valence-electron chi connectivity index (χ3n) is 4.25. The van der Waals surface area contributed by atoms with E-state index >= 15 is 0 Å². The number of aliphatic hydroxyl groups excluding tert-OH is 1. The van der Waals surface area contributed by atoms with Crippen molar-refractivity contribution in [2.45, 2.75) is 39.0 Å². The Balaban J connectivity index is 1.87. The summed E-state index contributed by atoms with van der Waals surface area (Å²) in [5.41, 5.74) is 2.45. The summed E-state index contributed by atoms with van der Waals surface area (Å²) < 4.78 is 31.8. The molecule has 1 aromatic heterocycles. The van der Waals surface area contributed by atoms with Crippen molar-refractivity contribution in [3.05, 3.63) is 52.4 Å². The van der Waals surface area contributed by atoms with Gasteiger partial charge in [-0.25, -0.2) is 8.78 Å². The molecule has 2 aromatic rings. The molecule has 2 atom stereocenters. The van der Waals surface area contributed by atoms with Gasteiger partial charge in [0, 0.05) is 24.7 Å². The number of nitrogens with zero attached hydrogens (tertiary/aromatic N) is 2. The summed E-state index contributed by atoms with van der Waals surface area (Å²) in [6.07, 6.45) is 0.00707. The van der Waals surface area contributed by atoms with E-state index in [2.05, 4.69) is 5.16 Å². The van der Waals surface area contributed by atoms with E-state index in [1.54, 1.807) is 6.07 Å². The molecule has 4 nitrogen and oxygen atoms in total. The molecule has 22 heavy (non-hydrogen) atoms. The number of halogens is 2. The lowest BCUT2D eigenvalue weighted by Gasteiger charge is -2.24. The zero-order valence-electron chi connectivity index (χ0n) is 12.5. The Kier molecular flexibility index (Phi) is 3.97. The lowest BCUT2D eigenvalue weighted by Crippen LogP contribution is -2.25. The fourth-order valence-electron chi connectivity index (χ4n) is 3.05. The van der Waals surface area contributed by atoms with Crippen LogP contribution in [0.4, 0.5) is 8.78 Å². The number of aromatic nitrogens is 1. The number of likely N-dealkylation sites (tertiary alicyclic amines) is 1. The highest BCUT2D eigenvalue weighted by Crippen LogP contribution is 2.34. The smallest absolute Gasteiger partial charge is 0.159 e. The highest BCUT2D eigenvalue weighted by atomic mass is 19.2. The first-order valence-electron chi connectivity index (χ1n) is 7.24. The van der Waals surface area contributed by atoms with E-state index in [0.717, 1.165) is 23.1 Å². The van der Waals surface area contributed by atoms with E-state index in [9.17, 15) is 13.9 Å². The summed E-state index contributed by atoms with van der Waals surface area (Å²) in [6, 6.07) is 3.75. The molecule has 0 amide bonds. The number of aliphatic hydroxyl groups is 1. The van der Waals surface area contributed by atoms with Gasteiger partial charge < -0.3 is 9.63 Å². The highest BCUT2D eigenvalue weighted by molar-refractivity contribution is 5.25. The summed E-state index contributed by atoms with van der Waals surface area (Å²) in [7, 11) is 0. The van der Waals surface area contributed by atoms with Crippen molar-refractivity contribution in [1.29, 1.82) is 0 Å². The highest BCUT2D eigenvalue weighted by Gasteiger charge is 2.33. The van der Waals surface area contributed by atoms with Crippen LogP contribution in [0.5, 0.6) is 0 Å². The molecule has 0 spiro atoms. The number of β-amino-alcohol motifs (C(OH)–C–C–N with tert-alkyl or cyclic N) is 1. The standard InChI is InChI=1S/C16H18F2N2O2/c1-9-13(10(2)22-19-9)8-20-7-12(21)6-16(20)11-3-4-14(17)15(18)5-11/h3-5,12,16,21H,6-8H2,1-2H3/t12-,16+/m0/s1. The Morgan fingerprint density at radius 2 is 2.09 bits per heavy atom. The Morgan fingerprint density at radius 3 is 2.73 bits per heavy atom. The van der Waals surface area contributed by atoms with Crippen molar-refractivity contribution in [3.63, 3.8) is 0 Å². The van der Waals surface area contributed by atoms with Crippen LogP contribution in [0.25, 0.3) is 0 Å². The summed E-state index contributed by atoms with van der Waals surface area (Å²) in [4.78, 5) is 2.05. The van der Waals surface area contributed by atoms with Crippen molar-refractivity contribution in [2.75, 3.05) is 6.54 Å². The third kappa shape index (κ3) is 2.76. The second-order valence-electron chi connectivity index (χ2n) is 5.81. The number of aryl methyl sites for hydroxylation is 2. The second-order valence-corrected chi connectivity index (χ2v) is 5.81. The fourth-order valence-corrected chi connectivity index (χ4v) is 3.05. The molecule has 1 aliphatic rings. The van der Waals surface area contributed by atoms with Gasteiger partial charge in [-0.05, 0) is 38.0 Å². The van der Waals surface area contributed by atoms with Crippen LogP contribution in [0.15, 0.2) is 22.7 Å². The Labute approximate surface area is 127 Å². The van der Waals surface area contributed by atoms with Gasteiger partial charge >= 0.3 is 0 Å². The van der Waals surface area contributed by atoms with Crippen LogP contribution in [0.1, 0.15) is 35.0 Å². The van der Waals surface area contributed by atoms with Crippen molar-refractivity contribution in [1.82, 2.24) is 10.1 Å². The third-order valence-corrected chi connectivity index (χ3v) is 4.25. The first-order valence-corrected chi connectivity index (χ1v) is 7.24. The van der Waals surface area contributed by atoms with E-state index in [-0.39, 0.29) is 6.04 Å². The molecular weight excluding hydrogens is 290 g/mol. The largest absolute Gasteiger partial charge is 0.392 e. The van der Waals surface area contributed by atoms with Gasteiger partial charge in [-0.1, -0.05) is 11.2 Å². The quantitative estimate of drug-likeness (QED) is 0.947. The molecule has 0 unspecified atom stereocenters. The number of rotatable bonds is 3. The van der Waals surface area contributed by atoms with Gasteiger partial charge in [-0.3, -0.25) is 4.90 Å². The van der Waals surface area contributed by atoms with Crippen LogP contribution >= 0.6 is 0 Å². The van der Waals surface area contributed by atoms with E-state index in [4.69, 9.17) is 4.52 Å². The Morgan fingerprint density at radius 1 is 1.32 bits per heavy atom. The number of benzene rings is 1. The Bertz CT molecular complexity index is 667. The maximum atomic E-state index is 13.5. The molecule has 0 saturated carbocycles. The second kappa shape index (κ2) is 5.78. The molecule has 1 saturated heterocycles. The van der Waals surface area contributed by atoms with Gasteiger partial charge in [-0.15, -0.1) is 0 Å². The SMILES string of the molecule is Cc1noc(C)c1CN1C[C@@H](O)C[C@@H]1c1ccc(F)c(F)c1. The molecular formula is C16H18F2N2O2. The molecule has 6 heteroatoms. The van der Waals surface area contributed by atoms with Gasteiger partial charge in [0.05, 0.1) is 11.8 Å². The molecule has 118 valence electrons. The lowest BCUT2D eigenvalue weighted by atomic mass is 10.0. The van der Waals surface area contributed by atoms with Gasteiger partial charge in [-0.2, -0.15) is 0 Å². The molecule has 2 heterocycles. The minimum atomic E-state index is -0.865. The normalized spacial score (nSPS) is 22.4. The first-order chi connectivity index (χ1) is 10.5. The van der Waals surface area contributed by atoms with E-state index in [1.807, 2.05) is 18.7 Å². The topological polar surface area (TPSA) is 49.5 Å². The Hall–Kier alpha value is -1.79. The van der Waals surface area contributed by atoms with Crippen LogP contribution in [0, 0.1) is 25.5 Å². The summed E-state index contributed by atoms with van der Waals surface area (Å²) in [6.45, 7) is 4.74. The number of hydrogen-bond donors (Lipinski definition) is 1. The maximum Gasteiger partial charge on any atom is 0.159 e. The van der Waals surface area contributed by atoms with Gasteiger partial charge in [0.15, 0.2) is 11.6 Å². The molecule has 1 aliphatic heterocycles. The van der Waals surface area contributed by atoms with Crippen molar-refractivity contribution < 1.29 is 18.4 Å².